The average molecular weight is 463 g/mol. The first kappa shape index (κ1) is 27.9. The van der Waals surface area contributed by atoms with Crippen molar-refractivity contribution in [2.24, 2.45) is 0 Å². The summed E-state index contributed by atoms with van der Waals surface area (Å²) >= 11 is 4.98. The van der Waals surface area contributed by atoms with Crippen molar-refractivity contribution >= 4 is 40.8 Å². The number of aromatic nitrogens is 5. The van der Waals surface area contributed by atoms with Crippen molar-refractivity contribution in [3.8, 4) is 11.3 Å². The van der Waals surface area contributed by atoms with Gasteiger partial charge in [0, 0.05) is 11.8 Å². The molecule has 0 bridgehead atoms. The molecule has 0 aliphatic carbocycles. The zero-order valence-electron chi connectivity index (χ0n) is 16.3. The van der Waals surface area contributed by atoms with E-state index in [-0.39, 0.29) is 55.0 Å². The van der Waals surface area contributed by atoms with Gasteiger partial charge in [0.05, 0.1) is 5.69 Å². The van der Waals surface area contributed by atoms with Gasteiger partial charge in [-0.2, -0.15) is 0 Å². The number of H-pyrrole nitrogens is 2. The van der Waals surface area contributed by atoms with Gasteiger partial charge in [-0.15, -0.1) is 0 Å². The molecule has 13 N–H and O–H groups in total. The van der Waals surface area contributed by atoms with E-state index < -0.39 is 11.5 Å². The number of aromatic amines is 2. The van der Waals surface area contributed by atoms with E-state index in [1.807, 2.05) is 6.07 Å². The summed E-state index contributed by atoms with van der Waals surface area (Å²) in [5, 5.41) is 2.68. The van der Waals surface area contributed by atoms with Crippen LogP contribution in [-0.2, 0) is 0 Å². The van der Waals surface area contributed by atoms with Gasteiger partial charge in [-0.05, 0) is 24.4 Å². The van der Waals surface area contributed by atoms with Gasteiger partial charge in [-0.1, -0.05) is 30.3 Å². The molecule has 0 saturated carbocycles. The Bertz CT molecular complexity index is 1330. The molecule has 0 radical (unpaired) electrons. The molecule has 1 amide bonds. The van der Waals surface area contributed by atoms with E-state index in [0.29, 0.717) is 11.3 Å². The van der Waals surface area contributed by atoms with Crippen LogP contribution in [-0.4, -0.2) is 52.7 Å². The molecule has 4 aromatic rings. The van der Waals surface area contributed by atoms with Gasteiger partial charge in [0.25, 0.3) is 11.5 Å². The maximum Gasteiger partial charge on any atom is 0.279 e. The van der Waals surface area contributed by atoms with Crippen molar-refractivity contribution in [3.05, 3.63) is 69.5 Å². The molecule has 1 aromatic carbocycles. The van der Waals surface area contributed by atoms with Crippen LogP contribution >= 0.6 is 12.2 Å². The lowest BCUT2D eigenvalue weighted by Gasteiger charge is -2.11. The van der Waals surface area contributed by atoms with Gasteiger partial charge in [-0.25, -0.2) is 15.0 Å². The second-order valence-corrected chi connectivity index (χ2v) is 6.19. The molecule has 13 nitrogen and oxygen atoms in total. The van der Waals surface area contributed by atoms with Crippen LogP contribution in [0.1, 0.15) is 10.5 Å². The second-order valence-electron chi connectivity index (χ2n) is 5.78. The number of nitrogen functional groups attached to an aromatic ring is 1. The number of nitrogens with two attached hydrogens (primary N) is 1. The molecule has 14 heteroatoms. The molecule has 170 valence electrons. The molecule has 0 saturated heterocycles. The van der Waals surface area contributed by atoms with Crippen molar-refractivity contribution < 1.29 is 26.7 Å². The molecule has 0 aliphatic rings. The smallest absolute Gasteiger partial charge is 0.279 e. The summed E-state index contributed by atoms with van der Waals surface area (Å²) < 4.78 is 0.0853. The number of hydrogen-bond acceptors (Lipinski definition) is 7. The number of hydrogen-bond donors (Lipinski definition) is 4. The number of nitrogens with zero attached hydrogens (tertiary/aromatic N) is 3. The highest BCUT2D eigenvalue weighted by atomic mass is 32.1. The van der Waals surface area contributed by atoms with Crippen LogP contribution in [0.5, 0.6) is 0 Å². The highest BCUT2D eigenvalue weighted by molar-refractivity contribution is 7.71. The molecule has 0 aliphatic heterocycles. The van der Waals surface area contributed by atoms with Crippen LogP contribution in [0.4, 0.5) is 11.5 Å². The number of anilines is 2. The molecule has 32 heavy (non-hydrogen) atoms. The van der Waals surface area contributed by atoms with Gasteiger partial charge in [0.2, 0.25) is 0 Å². The Morgan fingerprint density at radius 3 is 2.31 bits per heavy atom. The van der Waals surface area contributed by atoms with Gasteiger partial charge >= 0.3 is 0 Å². The summed E-state index contributed by atoms with van der Waals surface area (Å²) in [5.41, 5.74) is 6.69. The van der Waals surface area contributed by atoms with Gasteiger partial charge in [0.1, 0.15) is 11.5 Å². The number of rotatable bonds is 3. The minimum Gasteiger partial charge on any atom is -0.412 e. The summed E-state index contributed by atoms with van der Waals surface area (Å²) in [4.78, 5) is 43.0. The lowest BCUT2D eigenvalue weighted by Crippen LogP contribution is -2.19. The van der Waals surface area contributed by atoms with Gasteiger partial charge in [-0.3, -0.25) is 14.6 Å². The Labute approximate surface area is 184 Å². The van der Waals surface area contributed by atoms with E-state index >= 15 is 0 Å². The van der Waals surface area contributed by atoms with E-state index in [0.717, 1.165) is 0 Å². The fourth-order valence-electron chi connectivity index (χ4n) is 2.64. The summed E-state index contributed by atoms with van der Waals surface area (Å²) in [6.45, 7) is 0. The minimum absolute atomic E-state index is 0. The quantitative estimate of drug-likeness (QED) is 0.274. The largest absolute Gasteiger partial charge is 0.412 e. The molecule has 0 unspecified atom stereocenters. The molecule has 0 spiro atoms. The predicted molar refractivity (Wildman–Crippen MR) is 122 cm³/mol. The lowest BCUT2D eigenvalue weighted by atomic mass is 10.1. The molecule has 0 fully saturated rings. The fraction of sp³-hybridized carbons (Fsp3) is 0. The monoisotopic (exact) mass is 463 g/mol. The Kier molecular flexibility index (Phi) is 9.90. The normalized spacial score (nSPS) is 9.38. The predicted octanol–water partition coefficient (Wildman–Crippen LogP) is -1.03. The minimum atomic E-state index is -0.549. The van der Waals surface area contributed by atoms with Crippen LogP contribution in [0.15, 0.2) is 53.5 Å². The van der Waals surface area contributed by atoms with E-state index in [1.165, 1.54) is 6.20 Å². The van der Waals surface area contributed by atoms with Crippen molar-refractivity contribution in [2.75, 3.05) is 11.1 Å². The summed E-state index contributed by atoms with van der Waals surface area (Å²) in [7, 11) is 0. The zero-order valence-corrected chi connectivity index (χ0v) is 17.1. The van der Waals surface area contributed by atoms with Gasteiger partial charge < -0.3 is 37.9 Å². The third-order valence-corrected chi connectivity index (χ3v) is 4.12. The molecular formula is C18H21N7O6S. The Balaban J connectivity index is 0.00000240. The maximum absolute atomic E-state index is 13.0. The van der Waals surface area contributed by atoms with E-state index in [9.17, 15) is 9.59 Å². The zero-order chi connectivity index (χ0) is 19.7. The number of pyridine rings is 1. The summed E-state index contributed by atoms with van der Waals surface area (Å²) in [6, 6.07) is 12.2. The Morgan fingerprint density at radius 2 is 1.66 bits per heavy atom. The van der Waals surface area contributed by atoms with Crippen LogP contribution in [0.3, 0.4) is 0 Å². The topological polar surface area (TPSA) is 268 Å². The van der Waals surface area contributed by atoms with E-state index in [1.54, 1.807) is 36.4 Å². The SMILES string of the molecule is Nc1ncccc1NC(=O)c1nc2[nH]c(=S)[nH]c(=O)c2nc1-c1ccccc1.O.O.O.O. The molecule has 3 aromatic heterocycles. The average Bonchev–Trinajstić information content (AvgIpc) is 2.69. The van der Waals surface area contributed by atoms with E-state index in [4.69, 9.17) is 18.0 Å². The van der Waals surface area contributed by atoms with Crippen LogP contribution in [0.25, 0.3) is 22.4 Å². The maximum atomic E-state index is 13.0. The highest BCUT2D eigenvalue weighted by Crippen LogP contribution is 2.23. The van der Waals surface area contributed by atoms with Crippen molar-refractivity contribution in [3.63, 3.8) is 0 Å². The number of benzene rings is 1. The molecule has 4 rings (SSSR count). The first-order chi connectivity index (χ1) is 13.5. The third kappa shape index (κ3) is 5.34. The number of carbonyl (C=O) groups is 1. The Hall–Kier alpha value is -4.08. The second kappa shape index (κ2) is 11.3. The lowest BCUT2D eigenvalue weighted by molar-refractivity contribution is 0.102. The van der Waals surface area contributed by atoms with Crippen LogP contribution in [0.2, 0.25) is 0 Å². The molecule has 0 atom stereocenters. The third-order valence-electron chi connectivity index (χ3n) is 3.92. The van der Waals surface area contributed by atoms with Crippen molar-refractivity contribution in [1.29, 1.82) is 0 Å². The standard InChI is InChI=1S/C18H13N7O2S.4H2O/c19-14-10(7-4-8-20-14)21-16(26)12-11(9-5-2-1-3-6-9)22-13-15(23-12)24-18(28)25-17(13)27;;;;/h1-8H,(H2,19,20)(H,21,26)(H2,23,24,25,27,28);4*1H2. The van der Waals surface area contributed by atoms with Crippen LogP contribution in [0, 0.1) is 4.77 Å². The number of carbonyl (C=O) groups excluding carboxylic acids is 1. The molecule has 3 heterocycles. The first-order valence-corrected chi connectivity index (χ1v) is 8.55. The van der Waals surface area contributed by atoms with E-state index in [2.05, 4.69) is 30.2 Å². The summed E-state index contributed by atoms with van der Waals surface area (Å²) in [6.07, 6.45) is 1.52. The van der Waals surface area contributed by atoms with Crippen molar-refractivity contribution in [2.45, 2.75) is 0 Å². The Morgan fingerprint density at radius 1 is 0.969 bits per heavy atom. The fourth-order valence-corrected chi connectivity index (χ4v) is 2.83. The number of amides is 1. The number of nitrogens with one attached hydrogen (secondary N) is 3. The highest BCUT2D eigenvalue weighted by Gasteiger charge is 2.20. The number of fused-ring (bicyclic) bond motifs is 1. The van der Waals surface area contributed by atoms with Crippen molar-refractivity contribution in [1.82, 2.24) is 24.9 Å². The first-order valence-electron chi connectivity index (χ1n) is 8.14. The van der Waals surface area contributed by atoms with Crippen LogP contribution < -0.4 is 16.6 Å². The molecular weight excluding hydrogens is 442 g/mol. The summed E-state index contributed by atoms with van der Waals surface area (Å²) in [5.74, 6) is -0.380. The van der Waals surface area contributed by atoms with Gasteiger partial charge in [0.15, 0.2) is 21.6 Å².